The van der Waals surface area contributed by atoms with Crippen molar-refractivity contribution in [3.8, 4) is 0 Å². The molecule has 2 heterocycles. The highest BCUT2D eigenvalue weighted by Gasteiger charge is 2.42. The van der Waals surface area contributed by atoms with Crippen molar-refractivity contribution in [2.45, 2.75) is 49.5 Å². The molecule has 1 aromatic rings. The zero-order valence-electron chi connectivity index (χ0n) is 15.4. The number of nitrogens with zero attached hydrogens (tertiary/aromatic N) is 2. The highest BCUT2D eigenvalue weighted by molar-refractivity contribution is 7.89. The van der Waals surface area contributed by atoms with E-state index in [2.05, 4.69) is 5.32 Å². The predicted molar refractivity (Wildman–Crippen MR) is 103 cm³/mol. The van der Waals surface area contributed by atoms with Crippen molar-refractivity contribution >= 4 is 28.3 Å². The monoisotopic (exact) mass is 404 g/mol. The number of hydrogen-bond acceptors (Lipinski definition) is 4. The zero-order valence-corrected chi connectivity index (χ0v) is 17.0. The Morgan fingerprint density at radius 2 is 1.92 bits per heavy atom. The van der Waals surface area contributed by atoms with E-state index in [-0.39, 0.29) is 23.2 Å². The number of hydrogen-bond donors (Lipinski definition) is 2. The first-order valence-electron chi connectivity index (χ1n) is 8.97. The van der Waals surface area contributed by atoms with Crippen molar-refractivity contribution in [1.29, 1.82) is 0 Å². The van der Waals surface area contributed by atoms with Crippen molar-refractivity contribution in [2.24, 2.45) is 18.7 Å². The van der Waals surface area contributed by atoms with Crippen molar-refractivity contribution < 1.29 is 13.2 Å². The minimum absolute atomic E-state index is 0. The van der Waals surface area contributed by atoms with Crippen LogP contribution in [0.5, 0.6) is 0 Å². The Bertz CT molecular complexity index is 754. The van der Waals surface area contributed by atoms with Gasteiger partial charge in [-0.3, -0.25) is 4.79 Å². The van der Waals surface area contributed by atoms with Crippen molar-refractivity contribution in [3.63, 3.8) is 0 Å². The fourth-order valence-corrected chi connectivity index (χ4v) is 5.11. The van der Waals surface area contributed by atoms with Gasteiger partial charge in [-0.15, -0.1) is 12.4 Å². The first-order chi connectivity index (χ1) is 11.8. The standard InChI is InChI=1S/C17H28N4O3S.ClH/c1-17(12-18,13-6-7-13)19-16(22)15-10-14(11-20(15)2)25(23,24)21-8-4-3-5-9-21;/h10-11,13H,3-9,12,18H2,1-2H3,(H,19,22);1H. The van der Waals surface area contributed by atoms with Crippen LogP contribution in [-0.2, 0) is 17.1 Å². The van der Waals surface area contributed by atoms with E-state index in [4.69, 9.17) is 5.73 Å². The maximum absolute atomic E-state index is 12.8. The lowest BCUT2D eigenvalue weighted by Crippen LogP contribution is -2.53. The normalized spacial score (nSPS) is 20.9. The van der Waals surface area contributed by atoms with Crippen molar-refractivity contribution in [3.05, 3.63) is 18.0 Å². The quantitative estimate of drug-likeness (QED) is 0.750. The summed E-state index contributed by atoms with van der Waals surface area (Å²) in [5, 5.41) is 3.01. The third kappa shape index (κ3) is 4.08. The van der Waals surface area contributed by atoms with E-state index in [1.807, 2.05) is 6.92 Å². The molecule has 1 atom stereocenters. The Kier molecular flexibility index (Phi) is 6.43. The highest BCUT2D eigenvalue weighted by Crippen LogP contribution is 2.39. The van der Waals surface area contributed by atoms with E-state index < -0.39 is 15.6 Å². The molecule has 1 saturated heterocycles. The second-order valence-corrected chi connectivity index (χ2v) is 9.42. The number of amides is 1. The first-order valence-corrected chi connectivity index (χ1v) is 10.4. The molecule has 1 aromatic heterocycles. The molecular formula is C17H29ClN4O3S. The smallest absolute Gasteiger partial charge is 0.268 e. The summed E-state index contributed by atoms with van der Waals surface area (Å²) in [6.45, 7) is 3.42. The van der Waals surface area contributed by atoms with Gasteiger partial charge in [0, 0.05) is 32.9 Å². The maximum atomic E-state index is 12.8. The van der Waals surface area contributed by atoms with E-state index >= 15 is 0 Å². The molecule has 3 rings (SSSR count). The number of piperidine rings is 1. The third-order valence-electron chi connectivity index (χ3n) is 5.47. The van der Waals surface area contributed by atoms with Crippen molar-refractivity contribution in [1.82, 2.24) is 14.2 Å². The SMILES string of the molecule is Cl.Cn1cc(S(=O)(=O)N2CCCCC2)cc1C(=O)NC(C)(CN)C1CC1. The first kappa shape index (κ1) is 21.2. The molecule has 1 aliphatic heterocycles. The van der Waals surface area contributed by atoms with Crippen LogP contribution in [0.1, 0.15) is 49.5 Å². The summed E-state index contributed by atoms with van der Waals surface area (Å²) in [5.74, 6) is 0.126. The molecular weight excluding hydrogens is 376 g/mol. The minimum atomic E-state index is -3.54. The van der Waals surface area contributed by atoms with Gasteiger partial charge in [0.1, 0.15) is 10.6 Å². The topological polar surface area (TPSA) is 97.4 Å². The number of carbonyl (C=O) groups excluding carboxylic acids is 1. The van der Waals surface area contributed by atoms with E-state index in [0.29, 0.717) is 31.2 Å². The molecule has 2 aliphatic rings. The van der Waals surface area contributed by atoms with Crippen LogP contribution in [0.2, 0.25) is 0 Å². The van der Waals surface area contributed by atoms with Gasteiger partial charge in [-0.05, 0) is 44.6 Å². The average Bonchev–Trinajstić information content (AvgIpc) is 3.38. The summed E-state index contributed by atoms with van der Waals surface area (Å²) in [6.07, 6.45) is 6.49. The molecule has 3 N–H and O–H groups in total. The van der Waals surface area contributed by atoms with Gasteiger partial charge >= 0.3 is 0 Å². The van der Waals surface area contributed by atoms with Gasteiger partial charge in [0.15, 0.2) is 0 Å². The molecule has 1 aliphatic carbocycles. The van der Waals surface area contributed by atoms with Gasteiger partial charge in [-0.25, -0.2) is 8.42 Å². The molecule has 26 heavy (non-hydrogen) atoms. The summed E-state index contributed by atoms with van der Waals surface area (Å²) in [7, 11) is -1.85. The zero-order chi connectivity index (χ0) is 18.2. The summed E-state index contributed by atoms with van der Waals surface area (Å²) >= 11 is 0. The summed E-state index contributed by atoms with van der Waals surface area (Å²) in [5.41, 5.74) is 5.77. The Hall–Kier alpha value is -1.09. The van der Waals surface area contributed by atoms with E-state index in [9.17, 15) is 13.2 Å². The number of nitrogens with one attached hydrogen (secondary N) is 1. The molecule has 1 unspecified atom stereocenters. The molecule has 0 bridgehead atoms. The molecule has 0 spiro atoms. The van der Waals surface area contributed by atoms with Crippen LogP contribution in [0.15, 0.2) is 17.2 Å². The lowest BCUT2D eigenvalue weighted by Gasteiger charge is -2.29. The van der Waals surface area contributed by atoms with Gasteiger partial charge in [0.05, 0.1) is 5.54 Å². The Morgan fingerprint density at radius 3 is 2.46 bits per heavy atom. The molecule has 0 aromatic carbocycles. The predicted octanol–water partition coefficient (Wildman–Crippen LogP) is 1.48. The largest absolute Gasteiger partial charge is 0.345 e. The molecule has 2 fully saturated rings. The van der Waals surface area contributed by atoms with Crippen LogP contribution < -0.4 is 11.1 Å². The van der Waals surface area contributed by atoms with Gasteiger partial charge < -0.3 is 15.6 Å². The fourth-order valence-electron chi connectivity index (χ4n) is 3.52. The van der Waals surface area contributed by atoms with Crippen LogP contribution in [-0.4, -0.2) is 48.4 Å². The van der Waals surface area contributed by atoms with Crippen LogP contribution in [0.25, 0.3) is 0 Å². The van der Waals surface area contributed by atoms with Gasteiger partial charge in [0.2, 0.25) is 10.0 Å². The van der Waals surface area contributed by atoms with E-state index in [0.717, 1.165) is 32.1 Å². The number of nitrogens with two attached hydrogens (primary N) is 1. The summed E-state index contributed by atoms with van der Waals surface area (Å²) < 4.78 is 28.7. The second-order valence-electron chi connectivity index (χ2n) is 7.49. The summed E-state index contributed by atoms with van der Waals surface area (Å²) in [6, 6.07) is 1.48. The van der Waals surface area contributed by atoms with Gasteiger partial charge in [-0.1, -0.05) is 6.42 Å². The molecule has 0 radical (unpaired) electrons. The Labute approximate surface area is 161 Å². The molecule has 1 saturated carbocycles. The fraction of sp³-hybridized carbons (Fsp3) is 0.706. The van der Waals surface area contributed by atoms with Crippen molar-refractivity contribution in [2.75, 3.05) is 19.6 Å². The molecule has 1 amide bonds. The maximum Gasteiger partial charge on any atom is 0.268 e. The van der Waals surface area contributed by atoms with E-state index in [1.54, 1.807) is 11.6 Å². The number of rotatable bonds is 6. The lowest BCUT2D eigenvalue weighted by atomic mass is 9.96. The Balaban J connectivity index is 0.00000243. The lowest BCUT2D eigenvalue weighted by molar-refractivity contribution is 0.0889. The number of sulfonamides is 1. The molecule has 7 nitrogen and oxygen atoms in total. The number of aromatic nitrogens is 1. The number of halogens is 1. The Morgan fingerprint density at radius 1 is 1.31 bits per heavy atom. The minimum Gasteiger partial charge on any atom is -0.345 e. The van der Waals surface area contributed by atoms with Crippen LogP contribution in [0.3, 0.4) is 0 Å². The van der Waals surface area contributed by atoms with Crippen LogP contribution >= 0.6 is 12.4 Å². The van der Waals surface area contributed by atoms with E-state index in [1.165, 1.54) is 16.6 Å². The van der Waals surface area contributed by atoms with Crippen LogP contribution in [0.4, 0.5) is 0 Å². The van der Waals surface area contributed by atoms with Gasteiger partial charge in [-0.2, -0.15) is 4.31 Å². The van der Waals surface area contributed by atoms with Gasteiger partial charge in [0.25, 0.3) is 5.91 Å². The van der Waals surface area contributed by atoms with Crippen LogP contribution in [0, 0.1) is 5.92 Å². The number of aryl methyl sites for hydroxylation is 1. The second kappa shape index (κ2) is 7.88. The number of carbonyl (C=O) groups is 1. The molecule has 148 valence electrons. The highest BCUT2D eigenvalue weighted by atomic mass is 35.5. The third-order valence-corrected chi connectivity index (χ3v) is 7.33. The average molecular weight is 405 g/mol. The summed E-state index contributed by atoms with van der Waals surface area (Å²) in [4.78, 5) is 12.9. The molecule has 9 heteroatoms.